The summed E-state index contributed by atoms with van der Waals surface area (Å²) in [5.74, 6) is 1.52. The van der Waals surface area contributed by atoms with Crippen molar-refractivity contribution in [1.82, 2.24) is 20.0 Å². The second-order valence-electron chi connectivity index (χ2n) is 6.04. The van der Waals surface area contributed by atoms with Crippen molar-refractivity contribution in [2.45, 2.75) is 45.6 Å². The number of piperidine rings is 1. The summed E-state index contributed by atoms with van der Waals surface area (Å²) in [5.41, 5.74) is 1.92. The molecule has 24 heavy (non-hydrogen) atoms. The summed E-state index contributed by atoms with van der Waals surface area (Å²) in [6.45, 7) is 5.22. The largest absolute Gasteiger partial charge is 0.473 e. The number of likely N-dealkylation sites (tertiary alicyclic amines) is 1. The zero-order valence-electron chi connectivity index (χ0n) is 14.1. The molecule has 0 N–H and O–H groups in total. The first-order valence-electron chi connectivity index (χ1n) is 8.25. The van der Waals surface area contributed by atoms with Gasteiger partial charge in [0.1, 0.15) is 11.9 Å². The lowest BCUT2D eigenvalue weighted by atomic mass is 10.0. The average Bonchev–Trinajstić information content (AvgIpc) is 2.92. The molecular weight excluding hydrogens is 308 g/mol. The van der Waals surface area contributed by atoms with Crippen LogP contribution in [0.25, 0.3) is 0 Å². The van der Waals surface area contributed by atoms with E-state index in [4.69, 9.17) is 9.26 Å². The maximum Gasteiger partial charge on any atom is 0.232 e. The zero-order valence-corrected chi connectivity index (χ0v) is 14.1. The summed E-state index contributed by atoms with van der Waals surface area (Å²) in [5, 5.41) is 3.93. The topological polar surface area (TPSA) is 81.4 Å². The molecule has 7 heteroatoms. The maximum atomic E-state index is 12.4. The summed E-state index contributed by atoms with van der Waals surface area (Å²) in [6, 6.07) is 0. The third kappa shape index (κ3) is 3.90. The van der Waals surface area contributed by atoms with E-state index in [0.717, 1.165) is 29.9 Å². The van der Waals surface area contributed by atoms with Gasteiger partial charge < -0.3 is 14.2 Å². The van der Waals surface area contributed by atoms with Gasteiger partial charge in [-0.25, -0.2) is 4.98 Å². The number of hydrogen-bond acceptors (Lipinski definition) is 6. The molecule has 0 saturated carbocycles. The van der Waals surface area contributed by atoms with Gasteiger partial charge in [0, 0.05) is 50.3 Å². The smallest absolute Gasteiger partial charge is 0.232 e. The molecule has 1 fully saturated rings. The molecule has 1 aliphatic heterocycles. The normalized spacial score (nSPS) is 15.5. The van der Waals surface area contributed by atoms with Crippen LogP contribution in [0.1, 0.15) is 36.3 Å². The number of ether oxygens (including phenoxy) is 1. The van der Waals surface area contributed by atoms with E-state index in [1.54, 1.807) is 18.6 Å². The minimum Gasteiger partial charge on any atom is -0.473 e. The number of hydrogen-bond donors (Lipinski definition) is 0. The molecule has 2 aromatic rings. The molecular formula is C17H22N4O3. The third-order valence-corrected chi connectivity index (χ3v) is 4.39. The monoisotopic (exact) mass is 330 g/mol. The molecule has 0 unspecified atom stereocenters. The van der Waals surface area contributed by atoms with Crippen molar-refractivity contribution in [3.05, 3.63) is 35.6 Å². The molecule has 2 aromatic heterocycles. The van der Waals surface area contributed by atoms with Gasteiger partial charge >= 0.3 is 0 Å². The van der Waals surface area contributed by atoms with Crippen LogP contribution in [0.5, 0.6) is 5.88 Å². The molecule has 0 aliphatic carbocycles. The van der Waals surface area contributed by atoms with E-state index < -0.39 is 0 Å². The van der Waals surface area contributed by atoms with Crippen molar-refractivity contribution in [3.63, 3.8) is 0 Å². The molecule has 1 aliphatic rings. The SMILES string of the molecule is Cc1noc(C)c1CCC(=O)N1CCC(Oc2cnccn2)CC1. The quantitative estimate of drug-likeness (QED) is 0.835. The highest BCUT2D eigenvalue weighted by Gasteiger charge is 2.24. The van der Waals surface area contributed by atoms with Gasteiger partial charge in [-0.15, -0.1) is 0 Å². The van der Waals surface area contributed by atoms with E-state index in [0.29, 0.717) is 31.8 Å². The Hall–Kier alpha value is -2.44. The number of carbonyl (C=O) groups excluding carboxylic acids is 1. The van der Waals surface area contributed by atoms with Gasteiger partial charge in [-0.05, 0) is 20.3 Å². The van der Waals surface area contributed by atoms with Crippen LogP contribution in [0.4, 0.5) is 0 Å². The molecule has 0 bridgehead atoms. The van der Waals surface area contributed by atoms with Gasteiger partial charge in [0.15, 0.2) is 0 Å². The van der Waals surface area contributed by atoms with Gasteiger partial charge in [-0.2, -0.15) is 0 Å². The molecule has 3 heterocycles. The lowest BCUT2D eigenvalue weighted by molar-refractivity contribution is -0.132. The molecule has 3 rings (SSSR count). The summed E-state index contributed by atoms with van der Waals surface area (Å²) in [7, 11) is 0. The van der Waals surface area contributed by atoms with Gasteiger partial charge in [0.05, 0.1) is 11.9 Å². The minimum absolute atomic E-state index is 0.0910. The average molecular weight is 330 g/mol. The van der Waals surface area contributed by atoms with E-state index in [1.807, 2.05) is 18.7 Å². The van der Waals surface area contributed by atoms with Crippen LogP contribution < -0.4 is 4.74 Å². The summed E-state index contributed by atoms with van der Waals surface area (Å²) < 4.78 is 10.9. The molecule has 0 aromatic carbocycles. The van der Waals surface area contributed by atoms with Gasteiger partial charge in [0.25, 0.3) is 0 Å². The fourth-order valence-corrected chi connectivity index (χ4v) is 2.99. The molecule has 0 radical (unpaired) electrons. The van der Waals surface area contributed by atoms with E-state index in [2.05, 4.69) is 15.1 Å². The Labute approximate surface area is 141 Å². The second kappa shape index (κ2) is 7.42. The van der Waals surface area contributed by atoms with Crippen LogP contribution in [-0.4, -0.2) is 45.1 Å². The van der Waals surface area contributed by atoms with Crippen molar-refractivity contribution in [2.24, 2.45) is 0 Å². The first-order chi connectivity index (χ1) is 11.6. The Morgan fingerprint density at radius 1 is 1.33 bits per heavy atom. The molecule has 7 nitrogen and oxygen atoms in total. The van der Waals surface area contributed by atoms with Gasteiger partial charge in [-0.3, -0.25) is 9.78 Å². The van der Waals surface area contributed by atoms with Crippen LogP contribution in [0, 0.1) is 13.8 Å². The number of amides is 1. The second-order valence-corrected chi connectivity index (χ2v) is 6.04. The highest BCUT2D eigenvalue weighted by atomic mass is 16.5. The first kappa shape index (κ1) is 16.4. The Bertz CT molecular complexity index is 659. The number of carbonyl (C=O) groups is 1. The highest BCUT2D eigenvalue weighted by Crippen LogP contribution is 2.19. The van der Waals surface area contributed by atoms with Crippen molar-refractivity contribution in [1.29, 1.82) is 0 Å². The van der Waals surface area contributed by atoms with Gasteiger partial charge in [-0.1, -0.05) is 5.16 Å². The number of nitrogens with zero attached hydrogens (tertiary/aromatic N) is 4. The van der Waals surface area contributed by atoms with Crippen LogP contribution in [0.15, 0.2) is 23.1 Å². The molecule has 0 spiro atoms. The van der Waals surface area contributed by atoms with Crippen molar-refractivity contribution >= 4 is 5.91 Å². The maximum absolute atomic E-state index is 12.4. The fourth-order valence-electron chi connectivity index (χ4n) is 2.99. The molecule has 128 valence electrons. The third-order valence-electron chi connectivity index (χ3n) is 4.39. The molecule has 1 saturated heterocycles. The Morgan fingerprint density at radius 3 is 2.75 bits per heavy atom. The highest BCUT2D eigenvalue weighted by molar-refractivity contribution is 5.76. The first-order valence-corrected chi connectivity index (χ1v) is 8.25. The molecule has 1 amide bonds. The predicted octanol–water partition coefficient (Wildman–Crippen LogP) is 2.08. The van der Waals surface area contributed by atoms with Crippen molar-refractivity contribution in [2.75, 3.05) is 13.1 Å². The van der Waals surface area contributed by atoms with E-state index in [1.165, 1.54) is 0 Å². The summed E-state index contributed by atoms with van der Waals surface area (Å²) >= 11 is 0. The lowest BCUT2D eigenvalue weighted by Gasteiger charge is -2.32. The number of aryl methyl sites for hydroxylation is 2. The Morgan fingerprint density at radius 2 is 2.12 bits per heavy atom. The van der Waals surface area contributed by atoms with Crippen LogP contribution in [0.2, 0.25) is 0 Å². The lowest BCUT2D eigenvalue weighted by Crippen LogP contribution is -2.42. The van der Waals surface area contributed by atoms with E-state index >= 15 is 0 Å². The fraction of sp³-hybridized carbons (Fsp3) is 0.529. The summed E-state index contributed by atoms with van der Waals surface area (Å²) in [6.07, 6.45) is 7.72. The van der Waals surface area contributed by atoms with Crippen LogP contribution in [0.3, 0.4) is 0 Å². The standard InChI is InChI=1S/C17H22N4O3/c1-12-15(13(2)24-20-12)3-4-17(22)21-9-5-14(6-10-21)23-16-11-18-7-8-19-16/h7-8,11,14H,3-6,9-10H2,1-2H3. The Balaban J connectivity index is 1.45. The van der Waals surface area contributed by atoms with E-state index in [9.17, 15) is 4.79 Å². The van der Waals surface area contributed by atoms with Crippen LogP contribution >= 0.6 is 0 Å². The minimum atomic E-state index is 0.0910. The molecule has 0 atom stereocenters. The van der Waals surface area contributed by atoms with Crippen molar-refractivity contribution in [3.8, 4) is 5.88 Å². The van der Waals surface area contributed by atoms with Gasteiger partial charge in [0.2, 0.25) is 11.8 Å². The Kier molecular flexibility index (Phi) is 5.08. The van der Waals surface area contributed by atoms with Crippen molar-refractivity contribution < 1.29 is 14.1 Å². The predicted molar refractivity (Wildman–Crippen MR) is 86.6 cm³/mol. The number of rotatable bonds is 5. The summed E-state index contributed by atoms with van der Waals surface area (Å²) in [4.78, 5) is 22.4. The van der Waals surface area contributed by atoms with E-state index in [-0.39, 0.29) is 12.0 Å². The van der Waals surface area contributed by atoms with Crippen LogP contribution in [-0.2, 0) is 11.2 Å². The number of aromatic nitrogens is 3. The zero-order chi connectivity index (χ0) is 16.9.